The zero-order valence-electron chi connectivity index (χ0n) is 13.2. The summed E-state index contributed by atoms with van der Waals surface area (Å²) < 4.78 is 16.1. The van der Waals surface area contributed by atoms with Crippen LogP contribution in [0.5, 0.6) is 11.5 Å². The molecule has 22 heavy (non-hydrogen) atoms. The zero-order valence-corrected chi connectivity index (χ0v) is 13.2. The van der Waals surface area contributed by atoms with Gasteiger partial charge in [0.1, 0.15) is 18.1 Å². The third-order valence-electron chi connectivity index (χ3n) is 3.58. The maximum Gasteiger partial charge on any atom is 0.264 e. The van der Waals surface area contributed by atoms with Gasteiger partial charge < -0.3 is 19.1 Å². The molecule has 0 aliphatic carbocycles. The highest BCUT2D eigenvalue weighted by Gasteiger charge is 2.22. The van der Waals surface area contributed by atoms with Gasteiger partial charge >= 0.3 is 0 Å². The van der Waals surface area contributed by atoms with Crippen LogP contribution in [-0.4, -0.2) is 27.5 Å². The van der Waals surface area contributed by atoms with Crippen molar-refractivity contribution in [1.82, 2.24) is 10.1 Å². The van der Waals surface area contributed by atoms with Gasteiger partial charge in [-0.25, -0.2) is 0 Å². The summed E-state index contributed by atoms with van der Waals surface area (Å²) in [7, 11) is 0. The summed E-state index contributed by atoms with van der Waals surface area (Å²) in [5.74, 6) is 2.40. The number of hydrogen-bond acceptors (Lipinski definition) is 6. The van der Waals surface area contributed by atoms with Gasteiger partial charge in [0.2, 0.25) is 0 Å². The average molecular weight is 306 g/mol. The van der Waals surface area contributed by atoms with Crippen LogP contribution in [0.3, 0.4) is 0 Å². The lowest BCUT2D eigenvalue weighted by atomic mass is 9.99. The Morgan fingerprint density at radius 1 is 1.09 bits per heavy atom. The van der Waals surface area contributed by atoms with E-state index in [9.17, 15) is 5.11 Å². The highest BCUT2D eigenvalue weighted by Crippen LogP contribution is 2.21. The smallest absolute Gasteiger partial charge is 0.264 e. The van der Waals surface area contributed by atoms with E-state index < -0.39 is 5.60 Å². The van der Waals surface area contributed by atoms with E-state index in [0.717, 1.165) is 0 Å². The van der Waals surface area contributed by atoms with E-state index in [1.54, 1.807) is 31.2 Å². The first-order chi connectivity index (χ1) is 10.5. The minimum Gasteiger partial charge on any atom is -0.491 e. The second-order valence-electron chi connectivity index (χ2n) is 5.22. The van der Waals surface area contributed by atoms with Crippen molar-refractivity contribution in [2.45, 2.75) is 45.8 Å². The van der Waals surface area contributed by atoms with Crippen molar-refractivity contribution in [3.8, 4) is 11.5 Å². The van der Waals surface area contributed by atoms with E-state index in [1.165, 1.54) is 0 Å². The van der Waals surface area contributed by atoms with Crippen LogP contribution in [0.15, 0.2) is 28.8 Å². The molecule has 1 N–H and O–H groups in total. The van der Waals surface area contributed by atoms with Gasteiger partial charge in [-0.05, 0) is 44.0 Å². The van der Waals surface area contributed by atoms with Crippen molar-refractivity contribution in [1.29, 1.82) is 0 Å². The Kier molecular flexibility index (Phi) is 5.38. The van der Waals surface area contributed by atoms with Crippen LogP contribution in [0.1, 0.15) is 38.4 Å². The molecule has 2 rings (SSSR count). The maximum atomic E-state index is 10.2. The number of hydrogen-bond donors (Lipinski definition) is 1. The van der Waals surface area contributed by atoms with Crippen LogP contribution in [0, 0.1) is 6.92 Å². The summed E-state index contributed by atoms with van der Waals surface area (Å²) in [5, 5.41) is 13.9. The minimum atomic E-state index is -0.773. The summed E-state index contributed by atoms with van der Waals surface area (Å²) in [6.07, 6.45) is 1.32. The molecule has 0 bridgehead atoms. The first-order valence-electron chi connectivity index (χ1n) is 7.42. The molecule has 0 unspecified atom stereocenters. The second kappa shape index (κ2) is 7.26. The van der Waals surface area contributed by atoms with Crippen LogP contribution in [0.2, 0.25) is 0 Å². The lowest BCUT2D eigenvalue weighted by Crippen LogP contribution is -2.34. The summed E-state index contributed by atoms with van der Waals surface area (Å²) in [6, 6.07) is 7.21. The molecular formula is C16H22N2O4. The molecule has 0 saturated heterocycles. The highest BCUT2D eigenvalue weighted by molar-refractivity contribution is 5.31. The Morgan fingerprint density at radius 3 is 2.18 bits per heavy atom. The molecule has 0 spiro atoms. The van der Waals surface area contributed by atoms with Crippen molar-refractivity contribution < 1.29 is 19.1 Å². The fourth-order valence-corrected chi connectivity index (χ4v) is 1.85. The van der Waals surface area contributed by atoms with Crippen molar-refractivity contribution >= 4 is 0 Å². The van der Waals surface area contributed by atoms with Gasteiger partial charge in [0.05, 0.1) is 5.60 Å². The van der Waals surface area contributed by atoms with Gasteiger partial charge in [-0.2, -0.15) is 4.98 Å². The standard InChI is InChI=1S/C16H22N2O4/c1-4-16(19,5-2)11-21-14-8-6-13(7-9-14)20-10-15-17-12(3)18-22-15/h6-9,19H,4-5,10-11H2,1-3H3. The predicted octanol–water partition coefficient (Wildman–Crippen LogP) is 2.89. The third-order valence-corrected chi connectivity index (χ3v) is 3.58. The van der Waals surface area contributed by atoms with Gasteiger partial charge in [-0.3, -0.25) is 0 Å². The first kappa shape index (κ1) is 16.3. The van der Waals surface area contributed by atoms with Gasteiger partial charge in [0.15, 0.2) is 12.4 Å². The number of benzene rings is 1. The first-order valence-corrected chi connectivity index (χ1v) is 7.42. The molecule has 0 aliphatic heterocycles. The third kappa shape index (κ3) is 4.46. The van der Waals surface area contributed by atoms with E-state index in [2.05, 4.69) is 10.1 Å². The largest absolute Gasteiger partial charge is 0.491 e. The second-order valence-corrected chi connectivity index (χ2v) is 5.22. The average Bonchev–Trinajstić information content (AvgIpc) is 2.97. The molecule has 1 aromatic heterocycles. The molecule has 6 heteroatoms. The molecule has 2 aromatic rings. The van der Waals surface area contributed by atoms with Crippen molar-refractivity contribution in [2.75, 3.05) is 6.61 Å². The van der Waals surface area contributed by atoms with Gasteiger partial charge in [0.25, 0.3) is 5.89 Å². The summed E-state index contributed by atoms with van der Waals surface area (Å²) >= 11 is 0. The molecule has 0 saturated carbocycles. The molecule has 0 atom stereocenters. The Morgan fingerprint density at radius 2 is 1.68 bits per heavy atom. The van der Waals surface area contributed by atoms with Gasteiger partial charge in [-0.1, -0.05) is 19.0 Å². The fourth-order valence-electron chi connectivity index (χ4n) is 1.85. The van der Waals surface area contributed by atoms with E-state index in [-0.39, 0.29) is 13.2 Å². The summed E-state index contributed by atoms with van der Waals surface area (Å²) in [4.78, 5) is 4.06. The Bertz CT molecular complexity index is 576. The van der Waals surface area contributed by atoms with Crippen LogP contribution in [-0.2, 0) is 6.61 Å². The molecule has 0 amide bonds. The monoisotopic (exact) mass is 306 g/mol. The Labute approximate surface area is 130 Å². The molecular weight excluding hydrogens is 284 g/mol. The van der Waals surface area contributed by atoms with Crippen molar-refractivity contribution in [3.05, 3.63) is 36.0 Å². The number of nitrogens with zero attached hydrogens (tertiary/aromatic N) is 2. The lowest BCUT2D eigenvalue weighted by Gasteiger charge is -2.25. The summed E-state index contributed by atoms with van der Waals surface area (Å²) in [5.41, 5.74) is -0.773. The highest BCUT2D eigenvalue weighted by atomic mass is 16.5. The van der Waals surface area contributed by atoms with Crippen LogP contribution >= 0.6 is 0 Å². The molecule has 1 aromatic carbocycles. The fraction of sp³-hybridized carbons (Fsp3) is 0.500. The maximum absolute atomic E-state index is 10.2. The predicted molar refractivity (Wildman–Crippen MR) is 80.8 cm³/mol. The van der Waals surface area contributed by atoms with E-state index in [1.807, 2.05) is 13.8 Å². The quantitative estimate of drug-likeness (QED) is 0.808. The normalized spacial score (nSPS) is 11.5. The molecule has 0 aliphatic rings. The van der Waals surface area contributed by atoms with Crippen molar-refractivity contribution in [3.63, 3.8) is 0 Å². The SMILES string of the molecule is CCC(O)(CC)COc1ccc(OCc2nc(C)no2)cc1. The number of aromatic nitrogens is 2. The molecule has 120 valence electrons. The topological polar surface area (TPSA) is 77.6 Å². The summed E-state index contributed by atoms with van der Waals surface area (Å²) in [6.45, 7) is 6.16. The van der Waals surface area contributed by atoms with Gasteiger partial charge in [-0.15, -0.1) is 0 Å². The van der Waals surface area contributed by atoms with Gasteiger partial charge in [0, 0.05) is 0 Å². The van der Waals surface area contributed by atoms with E-state index >= 15 is 0 Å². The molecule has 0 radical (unpaired) electrons. The molecule has 6 nitrogen and oxygen atoms in total. The zero-order chi connectivity index (χ0) is 16.0. The number of aryl methyl sites for hydroxylation is 1. The number of ether oxygens (including phenoxy) is 2. The van der Waals surface area contributed by atoms with Crippen LogP contribution < -0.4 is 9.47 Å². The minimum absolute atomic E-state index is 0.229. The van der Waals surface area contributed by atoms with Crippen molar-refractivity contribution in [2.24, 2.45) is 0 Å². The number of aliphatic hydroxyl groups is 1. The van der Waals surface area contributed by atoms with Crippen LogP contribution in [0.4, 0.5) is 0 Å². The molecule has 0 fully saturated rings. The Balaban J connectivity index is 1.85. The van der Waals surface area contributed by atoms with Crippen LogP contribution in [0.25, 0.3) is 0 Å². The lowest BCUT2D eigenvalue weighted by molar-refractivity contribution is -0.0113. The van der Waals surface area contributed by atoms with E-state index in [0.29, 0.717) is 36.1 Å². The number of rotatable bonds is 8. The Hall–Kier alpha value is -2.08. The van der Waals surface area contributed by atoms with E-state index in [4.69, 9.17) is 14.0 Å². The molecule has 1 heterocycles.